The predicted molar refractivity (Wildman–Crippen MR) is 98.1 cm³/mol. The number of rotatable bonds is 9. The van der Waals surface area contributed by atoms with Gasteiger partial charge in [-0.25, -0.2) is 4.79 Å². The number of carbonyl (C=O) groups is 3. The third kappa shape index (κ3) is 6.23. The fourth-order valence-corrected chi connectivity index (χ4v) is 2.26. The molecule has 0 saturated carbocycles. The van der Waals surface area contributed by atoms with Crippen molar-refractivity contribution in [3.8, 4) is 5.75 Å². The number of hydrogen-bond acceptors (Lipinski definition) is 4. The molecule has 0 aromatic heterocycles. The van der Waals surface area contributed by atoms with Crippen molar-refractivity contribution < 1.29 is 24.2 Å². The third-order valence-corrected chi connectivity index (χ3v) is 3.81. The van der Waals surface area contributed by atoms with Crippen LogP contribution in [0.5, 0.6) is 5.75 Å². The van der Waals surface area contributed by atoms with Crippen LogP contribution in [0.25, 0.3) is 0 Å². The van der Waals surface area contributed by atoms with Gasteiger partial charge in [0.25, 0.3) is 5.91 Å². The standard InChI is InChI=1S/C19H26N2O5/c1-5-6-7-15(19(24)25)20-18(23)16(12(2)3)21-17(22)13-8-10-14(26-4)11-9-13/h5-6,8-12,15-16H,7H2,1-4H3,(H,20,23)(H,21,22)(H,24,25)/b6-5+. The molecule has 142 valence electrons. The Hall–Kier alpha value is -2.83. The van der Waals surface area contributed by atoms with E-state index in [1.54, 1.807) is 57.2 Å². The molecule has 0 aliphatic rings. The van der Waals surface area contributed by atoms with E-state index in [9.17, 15) is 19.5 Å². The summed E-state index contributed by atoms with van der Waals surface area (Å²) in [5, 5.41) is 14.4. The van der Waals surface area contributed by atoms with Crippen molar-refractivity contribution >= 4 is 17.8 Å². The van der Waals surface area contributed by atoms with E-state index in [2.05, 4.69) is 10.6 Å². The average molecular weight is 362 g/mol. The van der Waals surface area contributed by atoms with Gasteiger partial charge in [-0.15, -0.1) is 0 Å². The van der Waals surface area contributed by atoms with Crippen LogP contribution in [0.15, 0.2) is 36.4 Å². The third-order valence-electron chi connectivity index (χ3n) is 3.81. The number of carbonyl (C=O) groups excluding carboxylic acids is 2. The lowest BCUT2D eigenvalue weighted by atomic mass is 10.0. The van der Waals surface area contributed by atoms with Gasteiger partial charge in [-0.1, -0.05) is 26.0 Å². The van der Waals surface area contributed by atoms with Crippen molar-refractivity contribution in [1.82, 2.24) is 10.6 Å². The zero-order valence-corrected chi connectivity index (χ0v) is 15.5. The minimum absolute atomic E-state index is 0.175. The van der Waals surface area contributed by atoms with Crippen molar-refractivity contribution in [3.05, 3.63) is 42.0 Å². The van der Waals surface area contributed by atoms with E-state index in [-0.39, 0.29) is 12.3 Å². The molecule has 0 heterocycles. The molecule has 0 bridgehead atoms. The van der Waals surface area contributed by atoms with Crippen LogP contribution in [-0.4, -0.2) is 42.1 Å². The molecule has 26 heavy (non-hydrogen) atoms. The van der Waals surface area contributed by atoms with Gasteiger partial charge in [0.2, 0.25) is 5.91 Å². The van der Waals surface area contributed by atoms with Crippen LogP contribution >= 0.6 is 0 Å². The van der Waals surface area contributed by atoms with Crippen molar-refractivity contribution in [2.45, 2.75) is 39.3 Å². The molecule has 2 amide bonds. The zero-order valence-electron chi connectivity index (χ0n) is 15.5. The van der Waals surface area contributed by atoms with E-state index >= 15 is 0 Å². The maximum atomic E-state index is 12.5. The summed E-state index contributed by atoms with van der Waals surface area (Å²) in [6.45, 7) is 5.33. The lowest BCUT2D eigenvalue weighted by Crippen LogP contribution is -2.53. The lowest BCUT2D eigenvalue weighted by molar-refractivity contribution is -0.142. The van der Waals surface area contributed by atoms with Crippen molar-refractivity contribution in [1.29, 1.82) is 0 Å². The number of aliphatic carboxylic acids is 1. The molecule has 1 aromatic rings. The Bertz CT molecular complexity index is 652. The number of hydrogen-bond donors (Lipinski definition) is 3. The molecule has 2 unspecified atom stereocenters. The molecular weight excluding hydrogens is 336 g/mol. The minimum atomic E-state index is -1.12. The topological polar surface area (TPSA) is 105 Å². The summed E-state index contributed by atoms with van der Waals surface area (Å²) in [6.07, 6.45) is 3.56. The van der Waals surface area contributed by atoms with Gasteiger partial charge in [-0.2, -0.15) is 0 Å². The lowest BCUT2D eigenvalue weighted by Gasteiger charge is -2.23. The Balaban J connectivity index is 2.84. The molecule has 0 spiro atoms. The fraction of sp³-hybridized carbons (Fsp3) is 0.421. The molecule has 0 aliphatic carbocycles. The average Bonchev–Trinajstić information content (AvgIpc) is 2.62. The summed E-state index contributed by atoms with van der Waals surface area (Å²) in [4.78, 5) is 36.2. The number of nitrogens with one attached hydrogen (secondary N) is 2. The Morgan fingerprint density at radius 3 is 2.23 bits per heavy atom. The molecule has 2 atom stereocenters. The van der Waals surface area contributed by atoms with Gasteiger partial charge in [0, 0.05) is 5.56 Å². The molecule has 0 radical (unpaired) electrons. The van der Waals surface area contributed by atoms with E-state index in [4.69, 9.17) is 4.74 Å². The van der Waals surface area contributed by atoms with Crippen LogP contribution in [0, 0.1) is 5.92 Å². The molecule has 7 nitrogen and oxygen atoms in total. The van der Waals surface area contributed by atoms with Crippen LogP contribution in [0.1, 0.15) is 37.6 Å². The van der Waals surface area contributed by atoms with Crippen molar-refractivity contribution in [2.75, 3.05) is 7.11 Å². The van der Waals surface area contributed by atoms with Crippen LogP contribution in [-0.2, 0) is 9.59 Å². The minimum Gasteiger partial charge on any atom is -0.497 e. The van der Waals surface area contributed by atoms with Crippen LogP contribution in [0.3, 0.4) is 0 Å². The molecular formula is C19H26N2O5. The van der Waals surface area contributed by atoms with Gasteiger partial charge < -0.3 is 20.5 Å². The summed E-state index contributed by atoms with van der Waals surface area (Å²) >= 11 is 0. The molecule has 0 saturated heterocycles. The van der Waals surface area contributed by atoms with Crippen LogP contribution < -0.4 is 15.4 Å². The highest BCUT2D eigenvalue weighted by Gasteiger charge is 2.28. The number of ether oxygens (including phenoxy) is 1. The number of amides is 2. The zero-order chi connectivity index (χ0) is 19.7. The monoisotopic (exact) mass is 362 g/mol. The van der Waals surface area contributed by atoms with E-state index < -0.39 is 29.9 Å². The first-order valence-corrected chi connectivity index (χ1v) is 8.39. The van der Waals surface area contributed by atoms with E-state index in [0.29, 0.717) is 11.3 Å². The maximum Gasteiger partial charge on any atom is 0.326 e. The number of carboxylic acids is 1. The maximum absolute atomic E-state index is 12.5. The molecule has 3 N–H and O–H groups in total. The SMILES string of the molecule is C/C=C/CC(NC(=O)C(NC(=O)c1ccc(OC)cc1)C(C)C)C(=O)O. The van der Waals surface area contributed by atoms with Crippen molar-refractivity contribution in [3.63, 3.8) is 0 Å². The summed E-state index contributed by atoms with van der Waals surface area (Å²) < 4.78 is 5.05. The highest BCUT2D eigenvalue weighted by atomic mass is 16.5. The number of carboxylic acid groups (broad SMARTS) is 1. The second kappa shape index (κ2) is 10.2. The van der Waals surface area contributed by atoms with Crippen LogP contribution in [0.4, 0.5) is 0 Å². The smallest absolute Gasteiger partial charge is 0.326 e. The van der Waals surface area contributed by atoms with Gasteiger partial charge in [0.05, 0.1) is 7.11 Å². The Morgan fingerprint density at radius 2 is 1.77 bits per heavy atom. The van der Waals surface area contributed by atoms with Gasteiger partial charge in [0.1, 0.15) is 17.8 Å². The van der Waals surface area contributed by atoms with Gasteiger partial charge in [-0.3, -0.25) is 9.59 Å². The van der Waals surface area contributed by atoms with Crippen LogP contribution in [0.2, 0.25) is 0 Å². The molecule has 1 aromatic carbocycles. The van der Waals surface area contributed by atoms with E-state index in [1.165, 1.54) is 7.11 Å². The number of methoxy groups -OCH3 is 1. The predicted octanol–water partition coefficient (Wildman–Crippen LogP) is 1.99. The van der Waals surface area contributed by atoms with Gasteiger partial charge in [-0.05, 0) is 43.5 Å². The Labute approximate surface area is 153 Å². The fourth-order valence-electron chi connectivity index (χ4n) is 2.26. The first-order chi connectivity index (χ1) is 12.3. The quantitative estimate of drug-likeness (QED) is 0.583. The van der Waals surface area contributed by atoms with E-state index in [1.807, 2.05) is 0 Å². The highest BCUT2D eigenvalue weighted by molar-refractivity contribution is 5.98. The van der Waals surface area contributed by atoms with E-state index in [0.717, 1.165) is 0 Å². The number of benzene rings is 1. The first-order valence-electron chi connectivity index (χ1n) is 8.39. The molecule has 0 aliphatic heterocycles. The first kappa shape index (κ1) is 21.2. The van der Waals surface area contributed by atoms with Crippen molar-refractivity contribution in [2.24, 2.45) is 5.92 Å². The second-order valence-corrected chi connectivity index (χ2v) is 6.13. The molecule has 0 fully saturated rings. The van der Waals surface area contributed by atoms with Gasteiger partial charge >= 0.3 is 5.97 Å². The molecule has 7 heteroatoms. The Kier molecular flexibility index (Phi) is 8.34. The highest BCUT2D eigenvalue weighted by Crippen LogP contribution is 2.12. The largest absolute Gasteiger partial charge is 0.497 e. The van der Waals surface area contributed by atoms with Gasteiger partial charge in [0.15, 0.2) is 0 Å². The normalized spacial score (nSPS) is 13.3. The summed E-state index contributed by atoms with van der Waals surface area (Å²) in [6, 6.07) is 4.59. The second-order valence-electron chi connectivity index (χ2n) is 6.13. The summed E-state index contributed by atoms with van der Waals surface area (Å²) in [5.74, 6) is -1.66. The Morgan fingerprint density at radius 1 is 1.15 bits per heavy atom. The number of allylic oxidation sites excluding steroid dienone is 1. The summed E-state index contributed by atoms with van der Waals surface area (Å²) in [5.41, 5.74) is 0.382. The molecule has 1 rings (SSSR count). The summed E-state index contributed by atoms with van der Waals surface area (Å²) in [7, 11) is 1.53.